The van der Waals surface area contributed by atoms with E-state index in [4.69, 9.17) is 11.6 Å². The van der Waals surface area contributed by atoms with Crippen LogP contribution < -0.4 is 4.72 Å². The molecule has 0 amide bonds. The highest BCUT2D eigenvalue weighted by Crippen LogP contribution is 2.26. The van der Waals surface area contributed by atoms with E-state index in [1.807, 2.05) is 0 Å². The molecule has 0 saturated heterocycles. The molecule has 0 radical (unpaired) electrons. The third-order valence-electron chi connectivity index (χ3n) is 1.34. The first-order valence-electron chi connectivity index (χ1n) is 3.46. The number of rotatable bonds is 3. The van der Waals surface area contributed by atoms with Gasteiger partial charge in [-0.05, 0) is 34.1 Å². The van der Waals surface area contributed by atoms with E-state index >= 15 is 0 Å². The number of sulfonamides is 1. The Kier molecular flexibility index (Phi) is 4.24. The maximum Gasteiger partial charge on any atom is 0.242 e. The van der Waals surface area contributed by atoms with E-state index < -0.39 is 10.0 Å². The summed E-state index contributed by atoms with van der Waals surface area (Å²) < 4.78 is 25.2. The molecular weight excluding hydrogens is 357 g/mol. The van der Waals surface area contributed by atoms with Crippen molar-refractivity contribution in [1.82, 2.24) is 0 Å². The van der Waals surface area contributed by atoms with Crippen LogP contribution >= 0.6 is 43.5 Å². The van der Waals surface area contributed by atoms with E-state index in [9.17, 15) is 8.42 Å². The molecule has 14 heavy (non-hydrogen) atoms. The van der Waals surface area contributed by atoms with Crippen LogP contribution in [0.3, 0.4) is 0 Å². The topological polar surface area (TPSA) is 46.2 Å². The van der Waals surface area contributed by atoms with E-state index in [1.165, 1.54) is 0 Å². The van der Waals surface area contributed by atoms with Gasteiger partial charge in [-0.3, -0.25) is 4.72 Å². The molecule has 0 atom stereocenters. The zero-order valence-electron chi connectivity index (χ0n) is 6.80. The number of nitrogens with one attached hydrogen (secondary N) is 1. The van der Waals surface area contributed by atoms with Crippen molar-refractivity contribution in [1.29, 1.82) is 0 Å². The van der Waals surface area contributed by atoms with Crippen LogP contribution in [0.2, 0.25) is 5.02 Å². The number of benzene rings is 1. The van der Waals surface area contributed by atoms with Gasteiger partial charge in [0.1, 0.15) is 4.66 Å². The van der Waals surface area contributed by atoms with Crippen LogP contribution in [-0.4, -0.2) is 13.1 Å². The lowest BCUT2D eigenvalue weighted by Crippen LogP contribution is -2.13. The van der Waals surface area contributed by atoms with E-state index in [0.717, 1.165) is 0 Å². The Labute approximate surface area is 104 Å². The maximum absolute atomic E-state index is 11.2. The largest absolute Gasteiger partial charge is 0.282 e. The Balaban J connectivity index is 2.99. The lowest BCUT2D eigenvalue weighted by atomic mass is 10.3. The van der Waals surface area contributed by atoms with Crippen LogP contribution in [0.25, 0.3) is 0 Å². The third kappa shape index (κ3) is 3.42. The van der Waals surface area contributed by atoms with Gasteiger partial charge in [0, 0.05) is 9.50 Å². The Bertz CT molecular complexity index is 435. The number of hydrogen-bond acceptors (Lipinski definition) is 2. The summed E-state index contributed by atoms with van der Waals surface area (Å²) in [5, 5.41) is 0.540. The van der Waals surface area contributed by atoms with Gasteiger partial charge in [-0.2, -0.15) is 0 Å². The van der Waals surface area contributed by atoms with Crippen LogP contribution in [0.1, 0.15) is 0 Å². The zero-order chi connectivity index (χ0) is 10.8. The first kappa shape index (κ1) is 12.3. The van der Waals surface area contributed by atoms with Crippen LogP contribution in [0.5, 0.6) is 0 Å². The summed E-state index contributed by atoms with van der Waals surface area (Å²) in [4.78, 5) is 0. The van der Waals surface area contributed by atoms with Crippen molar-refractivity contribution in [3.05, 3.63) is 27.7 Å². The van der Waals surface area contributed by atoms with Crippen molar-refractivity contribution in [3.8, 4) is 0 Å². The van der Waals surface area contributed by atoms with Crippen molar-refractivity contribution in [3.63, 3.8) is 0 Å². The normalized spacial score (nSPS) is 11.4. The molecule has 0 aromatic heterocycles. The highest BCUT2D eigenvalue weighted by atomic mass is 79.9. The highest BCUT2D eigenvalue weighted by Gasteiger charge is 2.09. The summed E-state index contributed by atoms with van der Waals surface area (Å²) in [6.07, 6.45) is 0. The molecule has 0 saturated carbocycles. The zero-order valence-corrected chi connectivity index (χ0v) is 11.5. The second-order valence-corrected chi connectivity index (χ2v) is 6.77. The molecule has 1 aromatic carbocycles. The van der Waals surface area contributed by atoms with Crippen LogP contribution in [0.15, 0.2) is 22.7 Å². The summed E-state index contributed by atoms with van der Waals surface area (Å²) in [6.45, 7) is 0. The first-order valence-corrected chi connectivity index (χ1v) is 7.40. The summed E-state index contributed by atoms with van der Waals surface area (Å²) >= 11 is 11.8. The van der Waals surface area contributed by atoms with Gasteiger partial charge in [-0.15, -0.1) is 0 Å². The van der Waals surface area contributed by atoms with E-state index in [1.54, 1.807) is 18.2 Å². The number of halogens is 3. The van der Waals surface area contributed by atoms with Crippen LogP contribution in [0.4, 0.5) is 5.69 Å². The number of alkyl halides is 1. The molecule has 0 aliphatic rings. The molecule has 78 valence electrons. The molecule has 0 heterocycles. The van der Waals surface area contributed by atoms with E-state index in [2.05, 4.69) is 36.6 Å². The molecule has 1 N–H and O–H groups in total. The molecule has 0 aliphatic heterocycles. The molecule has 0 fully saturated rings. The van der Waals surface area contributed by atoms with Crippen LogP contribution in [-0.2, 0) is 10.0 Å². The maximum atomic E-state index is 11.2. The van der Waals surface area contributed by atoms with Crippen molar-refractivity contribution < 1.29 is 8.42 Å². The standard InChI is InChI=1S/C7H6Br2ClNO2S/c8-4-14(12,13)11-7-2-1-5(10)3-6(7)9/h1-3,11H,4H2. The van der Waals surface area contributed by atoms with Gasteiger partial charge < -0.3 is 0 Å². The number of hydrogen-bond donors (Lipinski definition) is 1. The molecule has 1 aromatic rings. The number of anilines is 1. The molecular formula is C7H6Br2ClNO2S. The fourth-order valence-electron chi connectivity index (χ4n) is 0.767. The predicted octanol–water partition coefficient (Wildman–Crippen LogP) is 3.20. The summed E-state index contributed by atoms with van der Waals surface area (Å²) in [6, 6.07) is 4.82. The Morgan fingerprint density at radius 3 is 2.57 bits per heavy atom. The summed E-state index contributed by atoms with van der Waals surface area (Å²) in [5.74, 6) is 0. The Morgan fingerprint density at radius 2 is 2.07 bits per heavy atom. The van der Waals surface area contributed by atoms with E-state index in [0.29, 0.717) is 15.2 Å². The van der Waals surface area contributed by atoms with Crippen molar-refractivity contribution in [2.75, 3.05) is 9.38 Å². The van der Waals surface area contributed by atoms with Crippen molar-refractivity contribution >= 4 is 59.2 Å². The van der Waals surface area contributed by atoms with E-state index in [-0.39, 0.29) is 4.66 Å². The molecule has 0 aliphatic carbocycles. The lowest BCUT2D eigenvalue weighted by Gasteiger charge is -2.07. The van der Waals surface area contributed by atoms with Gasteiger partial charge in [0.2, 0.25) is 10.0 Å². The van der Waals surface area contributed by atoms with Gasteiger partial charge in [0.15, 0.2) is 0 Å². The molecule has 0 spiro atoms. The van der Waals surface area contributed by atoms with Crippen molar-refractivity contribution in [2.45, 2.75) is 0 Å². The Morgan fingerprint density at radius 1 is 1.43 bits per heavy atom. The molecule has 7 heteroatoms. The molecule has 0 bridgehead atoms. The first-order chi connectivity index (χ1) is 6.44. The summed E-state index contributed by atoms with van der Waals surface area (Å²) in [5.41, 5.74) is 0.467. The fourth-order valence-corrected chi connectivity index (χ4v) is 2.59. The molecule has 0 unspecified atom stereocenters. The highest BCUT2D eigenvalue weighted by molar-refractivity contribution is 9.11. The van der Waals surface area contributed by atoms with Crippen molar-refractivity contribution in [2.24, 2.45) is 0 Å². The van der Waals surface area contributed by atoms with Gasteiger partial charge in [0.25, 0.3) is 0 Å². The third-order valence-corrected chi connectivity index (χ3v) is 4.86. The predicted molar refractivity (Wildman–Crippen MR) is 65.5 cm³/mol. The fraction of sp³-hybridized carbons (Fsp3) is 0.143. The average molecular weight is 363 g/mol. The minimum Gasteiger partial charge on any atom is -0.282 e. The second kappa shape index (κ2) is 4.83. The minimum absolute atomic E-state index is 0.144. The summed E-state index contributed by atoms with van der Waals surface area (Å²) in [7, 11) is -3.31. The SMILES string of the molecule is O=S(=O)(CBr)Nc1ccc(Cl)cc1Br. The molecule has 1 rings (SSSR count). The second-order valence-electron chi connectivity index (χ2n) is 2.45. The lowest BCUT2D eigenvalue weighted by molar-refractivity contribution is 0.606. The monoisotopic (exact) mass is 361 g/mol. The Hall–Kier alpha value is 0.220. The van der Waals surface area contributed by atoms with Gasteiger partial charge in [-0.1, -0.05) is 27.5 Å². The van der Waals surface area contributed by atoms with Gasteiger partial charge >= 0.3 is 0 Å². The smallest absolute Gasteiger partial charge is 0.242 e. The van der Waals surface area contributed by atoms with Gasteiger partial charge in [0.05, 0.1) is 5.69 Å². The van der Waals surface area contributed by atoms with Gasteiger partial charge in [-0.25, -0.2) is 8.42 Å². The molecule has 3 nitrogen and oxygen atoms in total. The van der Waals surface area contributed by atoms with Crippen LogP contribution in [0, 0.1) is 0 Å². The minimum atomic E-state index is -3.31. The quantitative estimate of drug-likeness (QED) is 0.839. The average Bonchev–Trinajstić information content (AvgIpc) is 2.10.